The number of hydrogen-bond acceptors (Lipinski definition) is 4. The molecule has 2 aromatic carbocycles. The Morgan fingerprint density at radius 1 is 1.07 bits per heavy atom. The van der Waals surface area contributed by atoms with Crippen LogP contribution in [0.4, 0.5) is 5.69 Å². The van der Waals surface area contributed by atoms with Crippen LogP contribution in [0.1, 0.15) is 25.3 Å². The molecule has 0 spiro atoms. The van der Waals surface area contributed by atoms with Crippen molar-refractivity contribution in [1.82, 2.24) is 9.88 Å². The molecule has 148 valence electrons. The van der Waals surface area contributed by atoms with E-state index < -0.39 is 0 Å². The van der Waals surface area contributed by atoms with Gasteiger partial charge >= 0.3 is 0 Å². The molecule has 0 amide bonds. The molecular weight excluding hydrogens is 370 g/mol. The maximum Gasteiger partial charge on any atom is 0.118 e. The van der Waals surface area contributed by atoms with Crippen molar-refractivity contribution in [2.75, 3.05) is 32.1 Å². The van der Waals surface area contributed by atoms with Gasteiger partial charge in [0, 0.05) is 41.9 Å². The number of fused-ring (bicyclic) bond motifs is 1. The molecule has 0 bridgehead atoms. The summed E-state index contributed by atoms with van der Waals surface area (Å²) < 4.78 is 5.25. The van der Waals surface area contributed by atoms with Gasteiger partial charge < -0.3 is 10.1 Å². The fourth-order valence-electron chi connectivity index (χ4n) is 3.38. The summed E-state index contributed by atoms with van der Waals surface area (Å²) in [5.74, 6) is 0.904. The minimum atomic E-state index is 0.714. The molecule has 0 fully saturated rings. The van der Waals surface area contributed by atoms with Gasteiger partial charge in [-0.1, -0.05) is 30.7 Å². The van der Waals surface area contributed by atoms with Crippen LogP contribution in [0.25, 0.3) is 10.9 Å². The molecule has 4 nitrogen and oxygen atoms in total. The Balaban J connectivity index is 1.53. The number of nitrogens with zero attached hydrogens (tertiary/aromatic N) is 2. The third-order valence-corrected chi connectivity index (χ3v) is 5.01. The zero-order valence-corrected chi connectivity index (χ0v) is 17.4. The number of ether oxygens (including phenoxy) is 1. The Morgan fingerprint density at radius 3 is 2.64 bits per heavy atom. The van der Waals surface area contributed by atoms with Gasteiger partial charge in [-0.25, -0.2) is 0 Å². The van der Waals surface area contributed by atoms with Gasteiger partial charge in [-0.15, -0.1) is 0 Å². The van der Waals surface area contributed by atoms with E-state index in [0.29, 0.717) is 5.02 Å². The lowest BCUT2D eigenvalue weighted by Crippen LogP contribution is -2.26. The van der Waals surface area contributed by atoms with Crippen LogP contribution in [-0.4, -0.2) is 36.6 Å². The molecule has 0 unspecified atom stereocenters. The Kier molecular flexibility index (Phi) is 7.52. The van der Waals surface area contributed by atoms with Crippen molar-refractivity contribution in [1.29, 1.82) is 0 Å². The second kappa shape index (κ2) is 10.3. The summed E-state index contributed by atoms with van der Waals surface area (Å²) in [4.78, 5) is 6.91. The lowest BCUT2D eigenvalue weighted by molar-refractivity contribution is 0.265. The number of halogens is 1. The maximum atomic E-state index is 6.07. The topological polar surface area (TPSA) is 37.4 Å². The van der Waals surface area contributed by atoms with Crippen LogP contribution in [0.3, 0.4) is 0 Å². The minimum absolute atomic E-state index is 0.714. The average Bonchev–Trinajstić information content (AvgIpc) is 2.71. The SMILES string of the molecule is CCCN(CCCNc1ccnc2cc(Cl)ccc12)Cc1ccc(OC)cc1. The number of benzene rings is 2. The van der Waals surface area contributed by atoms with Crippen molar-refractivity contribution in [3.8, 4) is 5.75 Å². The van der Waals surface area contributed by atoms with Gasteiger partial charge in [0.1, 0.15) is 5.75 Å². The Labute approximate surface area is 172 Å². The fourth-order valence-corrected chi connectivity index (χ4v) is 3.54. The van der Waals surface area contributed by atoms with Crippen molar-refractivity contribution in [2.45, 2.75) is 26.3 Å². The van der Waals surface area contributed by atoms with E-state index in [-0.39, 0.29) is 0 Å². The molecule has 0 saturated carbocycles. The number of rotatable bonds is 10. The first kappa shape index (κ1) is 20.4. The van der Waals surface area contributed by atoms with Crippen LogP contribution in [0.15, 0.2) is 54.7 Å². The second-order valence-corrected chi connectivity index (χ2v) is 7.36. The molecule has 28 heavy (non-hydrogen) atoms. The highest BCUT2D eigenvalue weighted by atomic mass is 35.5. The number of hydrogen-bond donors (Lipinski definition) is 1. The number of anilines is 1. The molecule has 0 aliphatic heterocycles. The van der Waals surface area contributed by atoms with Gasteiger partial charge in [-0.3, -0.25) is 9.88 Å². The van der Waals surface area contributed by atoms with E-state index in [1.54, 1.807) is 7.11 Å². The molecule has 0 radical (unpaired) electrons. The first-order chi connectivity index (χ1) is 13.7. The minimum Gasteiger partial charge on any atom is -0.497 e. The molecule has 0 saturated heterocycles. The van der Waals surface area contributed by atoms with E-state index in [1.165, 1.54) is 5.56 Å². The van der Waals surface area contributed by atoms with E-state index in [4.69, 9.17) is 16.3 Å². The van der Waals surface area contributed by atoms with Crippen LogP contribution < -0.4 is 10.1 Å². The smallest absolute Gasteiger partial charge is 0.118 e. The molecular formula is C23H28ClN3O. The Hall–Kier alpha value is -2.30. The van der Waals surface area contributed by atoms with Crippen LogP contribution in [0.5, 0.6) is 5.75 Å². The molecule has 1 N–H and O–H groups in total. The van der Waals surface area contributed by atoms with Crippen molar-refractivity contribution in [3.05, 3.63) is 65.3 Å². The van der Waals surface area contributed by atoms with Crippen molar-refractivity contribution < 1.29 is 4.74 Å². The summed E-state index contributed by atoms with van der Waals surface area (Å²) in [5, 5.41) is 5.38. The van der Waals surface area contributed by atoms with Crippen molar-refractivity contribution in [3.63, 3.8) is 0 Å². The third-order valence-electron chi connectivity index (χ3n) is 4.78. The van der Waals surface area contributed by atoms with Gasteiger partial charge in [-0.05, 0) is 61.3 Å². The van der Waals surface area contributed by atoms with Crippen LogP contribution in [-0.2, 0) is 6.54 Å². The van der Waals surface area contributed by atoms with Gasteiger partial charge in [-0.2, -0.15) is 0 Å². The predicted octanol–water partition coefficient (Wildman–Crippen LogP) is 5.61. The zero-order valence-electron chi connectivity index (χ0n) is 16.6. The van der Waals surface area contributed by atoms with Gasteiger partial charge in [0.15, 0.2) is 0 Å². The molecule has 0 atom stereocenters. The van der Waals surface area contributed by atoms with Crippen LogP contribution in [0, 0.1) is 0 Å². The summed E-state index contributed by atoms with van der Waals surface area (Å²) in [6.07, 6.45) is 4.06. The first-order valence-corrected chi connectivity index (χ1v) is 10.2. The lowest BCUT2D eigenvalue weighted by atomic mass is 10.2. The zero-order chi connectivity index (χ0) is 19.8. The molecule has 1 aromatic heterocycles. The fraction of sp³-hybridized carbons (Fsp3) is 0.348. The van der Waals surface area contributed by atoms with Crippen molar-refractivity contribution >= 4 is 28.2 Å². The summed E-state index contributed by atoms with van der Waals surface area (Å²) in [5.41, 5.74) is 3.35. The highest BCUT2D eigenvalue weighted by Gasteiger charge is 2.06. The van der Waals surface area contributed by atoms with Crippen LogP contribution >= 0.6 is 11.6 Å². The Morgan fingerprint density at radius 2 is 1.89 bits per heavy atom. The quantitative estimate of drug-likeness (QED) is 0.451. The summed E-state index contributed by atoms with van der Waals surface area (Å²) >= 11 is 6.07. The number of aromatic nitrogens is 1. The average molecular weight is 398 g/mol. The lowest BCUT2D eigenvalue weighted by Gasteiger charge is -2.22. The summed E-state index contributed by atoms with van der Waals surface area (Å²) in [6.45, 7) is 6.27. The second-order valence-electron chi connectivity index (χ2n) is 6.92. The largest absolute Gasteiger partial charge is 0.497 e. The molecule has 1 heterocycles. The van der Waals surface area contributed by atoms with Gasteiger partial charge in [0.05, 0.1) is 12.6 Å². The van der Waals surface area contributed by atoms with E-state index in [9.17, 15) is 0 Å². The maximum absolute atomic E-state index is 6.07. The standard InChI is InChI=1S/C23H28ClN3O/c1-3-14-27(17-18-5-8-20(28-2)9-6-18)15-4-12-25-22-11-13-26-23-16-19(24)7-10-21(22)23/h5-11,13,16H,3-4,12,14-15,17H2,1-2H3,(H,25,26). The normalized spacial score (nSPS) is 11.1. The molecule has 0 aliphatic rings. The monoisotopic (exact) mass is 397 g/mol. The first-order valence-electron chi connectivity index (χ1n) is 9.83. The number of nitrogens with one attached hydrogen (secondary N) is 1. The van der Waals surface area contributed by atoms with Gasteiger partial charge in [0.2, 0.25) is 0 Å². The highest BCUT2D eigenvalue weighted by molar-refractivity contribution is 6.31. The summed E-state index contributed by atoms with van der Waals surface area (Å²) in [6, 6.07) is 16.2. The van der Waals surface area contributed by atoms with Crippen molar-refractivity contribution in [2.24, 2.45) is 0 Å². The Bertz CT molecular complexity index is 883. The summed E-state index contributed by atoms with van der Waals surface area (Å²) in [7, 11) is 1.70. The molecule has 3 rings (SSSR count). The van der Waals surface area contributed by atoms with E-state index in [2.05, 4.69) is 34.3 Å². The predicted molar refractivity (Wildman–Crippen MR) is 118 cm³/mol. The third kappa shape index (κ3) is 5.60. The highest BCUT2D eigenvalue weighted by Crippen LogP contribution is 2.24. The molecule has 0 aliphatic carbocycles. The van der Waals surface area contributed by atoms with Gasteiger partial charge in [0.25, 0.3) is 0 Å². The molecule has 3 aromatic rings. The van der Waals surface area contributed by atoms with Crippen LogP contribution in [0.2, 0.25) is 5.02 Å². The van der Waals surface area contributed by atoms with E-state index >= 15 is 0 Å². The number of pyridine rings is 1. The number of methoxy groups -OCH3 is 1. The molecule has 5 heteroatoms. The van der Waals surface area contributed by atoms with E-state index in [1.807, 2.05) is 42.6 Å². The van der Waals surface area contributed by atoms with E-state index in [0.717, 1.165) is 61.4 Å².